The average Bonchev–Trinajstić information content (AvgIpc) is 3.16. The Morgan fingerprint density at radius 2 is 1.65 bits per heavy atom. The Bertz CT molecular complexity index is 717. The van der Waals surface area contributed by atoms with Gasteiger partial charge in [0.2, 0.25) is 0 Å². The third-order valence-electron chi connectivity index (χ3n) is 5.14. The van der Waals surface area contributed by atoms with Gasteiger partial charge in [-0.05, 0) is 24.0 Å². The maximum Gasteiger partial charge on any atom is 0.197 e. The van der Waals surface area contributed by atoms with Gasteiger partial charge in [0.25, 0.3) is 0 Å². The molecule has 4 heteroatoms. The maximum atomic E-state index is 6.03. The SMILES string of the molecule is c1ccc(CCC2CN(C3=NCCN3Cc3ccccc3)CCO2)cc1. The molecule has 0 spiro atoms. The fourth-order valence-electron chi connectivity index (χ4n) is 3.77. The lowest BCUT2D eigenvalue weighted by atomic mass is 10.1. The van der Waals surface area contributed by atoms with E-state index in [9.17, 15) is 0 Å². The van der Waals surface area contributed by atoms with Crippen LogP contribution in [0.4, 0.5) is 0 Å². The van der Waals surface area contributed by atoms with Crippen molar-refractivity contribution in [3.05, 3.63) is 71.8 Å². The summed E-state index contributed by atoms with van der Waals surface area (Å²) in [5.74, 6) is 1.15. The normalized spacial score (nSPS) is 20.3. The molecule has 4 nitrogen and oxygen atoms in total. The van der Waals surface area contributed by atoms with Crippen molar-refractivity contribution < 1.29 is 4.74 Å². The highest BCUT2D eigenvalue weighted by Gasteiger charge is 2.28. The largest absolute Gasteiger partial charge is 0.375 e. The van der Waals surface area contributed by atoms with Crippen LogP contribution in [0.1, 0.15) is 17.5 Å². The monoisotopic (exact) mass is 349 g/mol. The van der Waals surface area contributed by atoms with Crippen molar-refractivity contribution in [2.24, 2.45) is 4.99 Å². The summed E-state index contributed by atoms with van der Waals surface area (Å²) in [5.41, 5.74) is 2.73. The molecule has 0 aromatic heterocycles. The molecule has 1 unspecified atom stereocenters. The molecule has 136 valence electrons. The number of rotatable bonds is 5. The maximum absolute atomic E-state index is 6.03. The van der Waals surface area contributed by atoms with Crippen molar-refractivity contribution in [1.29, 1.82) is 0 Å². The van der Waals surface area contributed by atoms with Crippen molar-refractivity contribution in [2.75, 3.05) is 32.8 Å². The topological polar surface area (TPSA) is 28.1 Å². The molecule has 0 N–H and O–H groups in total. The zero-order valence-electron chi connectivity index (χ0n) is 15.3. The molecule has 1 saturated heterocycles. The van der Waals surface area contributed by atoms with Crippen LogP contribution in [0.25, 0.3) is 0 Å². The number of benzene rings is 2. The van der Waals surface area contributed by atoms with E-state index in [1.54, 1.807) is 0 Å². The van der Waals surface area contributed by atoms with Gasteiger partial charge in [-0.25, -0.2) is 0 Å². The van der Waals surface area contributed by atoms with Gasteiger partial charge in [-0.15, -0.1) is 0 Å². The molecule has 0 bridgehead atoms. The van der Waals surface area contributed by atoms with Crippen LogP contribution >= 0.6 is 0 Å². The first-order valence-electron chi connectivity index (χ1n) is 9.62. The molecule has 4 rings (SSSR count). The highest BCUT2D eigenvalue weighted by molar-refractivity contribution is 5.81. The number of ether oxygens (including phenoxy) is 1. The highest BCUT2D eigenvalue weighted by Crippen LogP contribution is 2.17. The second kappa shape index (κ2) is 8.37. The minimum atomic E-state index is 0.283. The molecule has 2 aromatic rings. The van der Waals surface area contributed by atoms with Crippen molar-refractivity contribution >= 4 is 5.96 Å². The lowest BCUT2D eigenvalue weighted by Crippen LogP contribution is -2.50. The Morgan fingerprint density at radius 3 is 2.42 bits per heavy atom. The summed E-state index contributed by atoms with van der Waals surface area (Å²) in [6, 6.07) is 21.4. The van der Waals surface area contributed by atoms with Gasteiger partial charge >= 0.3 is 0 Å². The van der Waals surface area contributed by atoms with E-state index in [4.69, 9.17) is 9.73 Å². The minimum absolute atomic E-state index is 0.283. The number of hydrogen-bond donors (Lipinski definition) is 0. The fraction of sp³-hybridized carbons (Fsp3) is 0.409. The Balaban J connectivity index is 1.34. The van der Waals surface area contributed by atoms with Gasteiger partial charge in [0, 0.05) is 26.2 Å². The molecule has 2 aromatic carbocycles. The van der Waals surface area contributed by atoms with E-state index in [0.717, 1.165) is 58.1 Å². The number of morpholine rings is 1. The first-order valence-corrected chi connectivity index (χ1v) is 9.62. The quantitative estimate of drug-likeness (QED) is 0.830. The average molecular weight is 349 g/mol. The molecule has 2 aliphatic heterocycles. The van der Waals surface area contributed by atoms with Crippen molar-refractivity contribution in [3.63, 3.8) is 0 Å². The van der Waals surface area contributed by atoms with Crippen molar-refractivity contribution in [1.82, 2.24) is 9.80 Å². The van der Waals surface area contributed by atoms with Gasteiger partial charge < -0.3 is 14.5 Å². The molecule has 2 aliphatic rings. The van der Waals surface area contributed by atoms with E-state index >= 15 is 0 Å². The van der Waals surface area contributed by atoms with Crippen LogP contribution in [-0.4, -0.2) is 54.6 Å². The summed E-state index contributed by atoms with van der Waals surface area (Å²) < 4.78 is 6.03. The molecule has 0 radical (unpaired) electrons. The third-order valence-corrected chi connectivity index (χ3v) is 5.14. The van der Waals surface area contributed by atoms with E-state index in [1.807, 2.05) is 0 Å². The van der Waals surface area contributed by atoms with Crippen LogP contribution in [0.15, 0.2) is 65.7 Å². The molecule has 0 amide bonds. The van der Waals surface area contributed by atoms with Gasteiger partial charge in [-0.2, -0.15) is 0 Å². The van der Waals surface area contributed by atoms with Gasteiger partial charge in [0.1, 0.15) is 0 Å². The number of hydrogen-bond acceptors (Lipinski definition) is 4. The van der Waals surface area contributed by atoms with E-state index in [-0.39, 0.29) is 6.10 Å². The molecule has 26 heavy (non-hydrogen) atoms. The number of guanidine groups is 1. The molecule has 1 fully saturated rings. The number of nitrogens with zero attached hydrogens (tertiary/aromatic N) is 3. The second-order valence-electron chi connectivity index (χ2n) is 7.05. The first-order chi connectivity index (χ1) is 12.9. The Kier molecular flexibility index (Phi) is 5.50. The lowest BCUT2D eigenvalue weighted by molar-refractivity contribution is -0.0125. The van der Waals surface area contributed by atoms with Crippen molar-refractivity contribution in [2.45, 2.75) is 25.5 Å². The summed E-state index contributed by atoms with van der Waals surface area (Å²) in [5, 5.41) is 0. The highest BCUT2D eigenvalue weighted by atomic mass is 16.5. The third kappa shape index (κ3) is 4.25. The number of aliphatic imine (C=N–C) groups is 1. The van der Waals surface area contributed by atoms with E-state index in [0.29, 0.717) is 0 Å². The fourth-order valence-corrected chi connectivity index (χ4v) is 3.77. The van der Waals surface area contributed by atoms with Gasteiger partial charge in [0.05, 0.1) is 19.3 Å². The van der Waals surface area contributed by atoms with E-state index < -0.39 is 0 Å². The summed E-state index contributed by atoms with van der Waals surface area (Å²) in [7, 11) is 0. The van der Waals surface area contributed by atoms with E-state index in [1.165, 1.54) is 11.1 Å². The van der Waals surface area contributed by atoms with Crippen molar-refractivity contribution in [3.8, 4) is 0 Å². The summed E-state index contributed by atoms with van der Waals surface area (Å²) in [6.45, 7) is 5.51. The van der Waals surface area contributed by atoms with Crippen LogP contribution in [0.3, 0.4) is 0 Å². The summed E-state index contributed by atoms with van der Waals surface area (Å²) in [6.07, 6.45) is 2.41. The molecular formula is C22H27N3O. The predicted octanol–water partition coefficient (Wildman–Crippen LogP) is 3.19. The molecule has 0 aliphatic carbocycles. The first kappa shape index (κ1) is 17.1. The molecular weight excluding hydrogens is 322 g/mol. The van der Waals surface area contributed by atoms with E-state index in [2.05, 4.69) is 70.5 Å². The summed E-state index contributed by atoms with van der Waals surface area (Å²) in [4.78, 5) is 9.64. The standard InChI is InChI=1S/C22H27N3O/c1-3-7-19(8-4-1)11-12-21-18-25(15-16-26-21)22-23-13-14-24(22)17-20-9-5-2-6-10-20/h1-10,21H,11-18H2. The Morgan fingerprint density at radius 1 is 0.923 bits per heavy atom. The van der Waals surface area contributed by atoms with Crippen LogP contribution in [0.5, 0.6) is 0 Å². The van der Waals surface area contributed by atoms with Gasteiger partial charge in [-0.3, -0.25) is 4.99 Å². The lowest BCUT2D eigenvalue weighted by Gasteiger charge is -2.37. The Hall–Kier alpha value is -2.33. The minimum Gasteiger partial charge on any atom is -0.375 e. The van der Waals surface area contributed by atoms with Crippen LogP contribution in [0, 0.1) is 0 Å². The van der Waals surface area contributed by atoms with Crippen LogP contribution in [0.2, 0.25) is 0 Å². The van der Waals surface area contributed by atoms with Gasteiger partial charge in [-0.1, -0.05) is 60.7 Å². The van der Waals surface area contributed by atoms with Crippen LogP contribution in [-0.2, 0) is 17.7 Å². The summed E-state index contributed by atoms with van der Waals surface area (Å²) >= 11 is 0. The second-order valence-corrected chi connectivity index (χ2v) is 7.05. The Labute approximate surface area is 156 Å². The predicted molar refractivity (Wildman–Crippen MR) is 105 cm³/mol. The smallest absolute Gasteiger partial charge is 0.197 e. The molecule has 1 atom stereocenters. The zero-order valence-corrected chi connectivity index (χ0v) is 15.3. The zero-order chi connectivity index (χ0) is 17.6. The number of aryl methyl sites for hydroxylation is 1. The molecule has 2 heterocycles. The molecule has 0 saturated carbocycles. The van der Waals surface area contributed by atoms with Gasteiger partial charge in [0.15, 0.2) is 5.96 Å². The van der Waals surface area contributed by atoms with Crippen LogP contribution < -0.4 is 0 Å².